The molecule has 0 aliphatic rings. The molecule has 0 saturated carbocycles. The number of carbonyl (C=O) groups excluding carboxylic acids is 1. The number of amides is 1. The van der Waals surface area contributed by atoms with E-state index < -0.39 is 17.5 Å². The van der Waals surface area contributed by atoms with Crippen molar-refractivity contribution in [2.75, 3.05) is 5.32 Å². The van der Waals surface area contributed by atoms with E-state index in [1.165, 1.54) is 0 Å². The molecule has 0 unspecified atom stereocenters. The summed E-state index contributed by atoms with van der Waals surface area (Å²) in [5.74, 6) is -2.42. The summed E-state index contributed by atoms with van der Waals surface area (Å²) in [6.45, 7) is 0. The second-order valence-electron chi connectivity index (χ2n) is 2.44. The minimum absolute atomic E-state index is 0.0878. The summed E-state index contributed by atoms with van der Waals surface area (Å²) >= 11 is 4.51. The molecule has 0 heterocycles. The number of hydrogen-bond acceptors (Lipinski definition) is 2. The van der Waals surface area contributed by atoms with E-state index in [2.05, 4.69) is 17.5 Å². The van der Waals surface area contributed by atoms with Crippen molar-refractivity contribution in [3.8, 4) is 0 Å². The molecule has 1 rings (SSSR count). The first-order valence-electron chi connectivity index (χ1n) is 3.56. The molecule has 1 aromatic carbocycles. The van der Waals surface area contributed by atoms with Crippen molar-refractivity contribution in [3.05, 3.63) is 29.8 Å². The van der Waals surface area contributed by atoms with E-state index in [1.807, 2.05) is 0 Å². The van der Waals surface area contributed by atoms with E-state index in [0.717, 1.165) is 12.1 Å². The van der Waals surface area contributed by atoms with Gasteiger partial charge in [-0.3, -0.25) is 4.79 Å². The number of hydrogen-bond donors (Lipinski definition) is 2. The fourth-order valence-corrected chi connectivity index (χ4v) is 0.885. The molecule has 0 bridgehead atoms. The van der Waals surface area contributed by atoms with Gasteiger partial charge in [-0.2, -0.15) is 0 Å². The van der Waals surface area contributed by atoms with E-state index in [9.17, 15) is 13.6 Å². The topological polar surface area (TPSA) is 55.1 Å². The molecular weight excluding hydrogens is 210 g/mol. The minimum atomic E-state index is -0.872. The standard InChI is InChI=1S/C8H6F2N2OS/c9-4-1-2-6(5(10)3-4)12-8(14)7(11)13/h1-3H,(H2,11,13)(H,12,14). The fraction of sp³-hybridized carbons (Fsp3) is 0. The number of benzene rings is 1. The highest BCUT2D eigenvalue weighted by Gasteiger charge is 2.08. The zero-order chi connectivity index (χ0) is 10.7. The molecule has 0 aliphatic carbocycles. The molecule has 0 radical (unpaired) electrons. The molecule has 0 aromatic heterocycles. The molecule has 0 fully saturated rings. The molecule has 6 heteroatoms. The van der Waals surface area contributed by atoms with Crippen molar-refractivity contribution in [3.63, 3.8) is 0 Å². The summed E-state index contributed by atoms with van der Waals surface area (Å²) in [6, 6.07) is 2.83. The summed E-state index contributed by atoms with van der Waals surface area (Å²) in [5, 5.41) is 2.25. The third-order valence-corrected chi connectivity index (χ3v) is 1.71. The van der Waals surface area contributed by atoms with Crippen molar-refractivity contribution in [2.45, 2.75) is 0 Å². The van der Waals surface area contributed by atoms with Crippen molar-refractivity contribution in [2.24, 2.45) is 5.73 Å². The maximum atomic E-state index is 13.0. The molecule has 0 atom stereocenters. The van der Waals surface area contributed by atoms with Gasteiger partial charge in [0.15, 0.2) is 4.99 Å². The van der Waals surface area contributed by atoms with Crippen LogP contribution in [-0.2, 0) is 4.79 Å². The Morgan fingerprint density at radius 3 is 2.57 bits per heavy atom. The van der Waals surface area contributed by atoms with Crippen molar-refractivity contribution in [1.29, 1.82) is 0 Å². The number of primary amides is 1. The number of nitrogens with two attached hydrogens (primary N) is 1. The number of rotatable bonds is 1. The minimum Gasteiger partial charge on any atom is -0.364 e. The molecule has 0 spiro atoms. The van der Waals surface area contributed by atoms with Gasteiger partial charge in [-0.05, 0) is 12.1 Å². The molecule has 1 amide bonds. The van der Waals surface area contributed by atoms with Gasteiger partial charge in [0.25, 0.3) is 5.91 Å². The molecule has 3 nitrogen and oxygen atoms in total. The maximum absolute atomic E-state index is 13.0. The highest BCUT2D eigenvalue weighted by molar-refractivity contribution is 7.82. The molecule has 1 aromatic rings. The Labute approximate surface area is 83.9 Å². The highest BCUT2D eigenvalue weighted by Crippen LogP contribution is 2.14. The SMILES string of the molecule is NC(=O)C(=S)Nc1ccc(F)cc1F. The van der Waals surface area contributed by atoms with Crippen molar-refractivity contribution >= 4 is 28.8 Å². The lowest BCUT2D eigenvalue weighted by Crippen LogP contribution is -2.28. The predicted molar refractivity (Wildman–Crippen MR) is 51.8 cm³/mol. The van der Waals surface area contributed by atoms with Gasteiger partial charge in [-0.25, -0.2) is 8.78 Å². The van der Waals surface area contributed by atoms with Gasteiger partial charge in [0.2, 0.25) is 0 Å². The van der Waals surface area contributed by atoms with E-state index in [0.29, 0.717) is 6.07 Å². The summed E-state index contributed by atoms with van der Waals surface area (Å²) < 4.78 is 25.4. The van der Waals surface area contributed by atoms with Crippen LogP contribution < -0.4 is 11.1 Å². The van der Waals surface area contributed by atoms with Gasteiger partial charge in [0, 0.05) is 6.07 Å². The number of halogens is 2. The first-order valence-corrected chi connectivity index (χ1v) is 3.97. The lowest BCUT2D eigenvalue weighted by molar-refractivity contribution is -0.111. The van der Waals surface area contributed by atoms with E-state index in [4.69, 9.17) is 5.73 Å². The van der Waals surface area contributed by atoms with Crippen molar-refractivity contribution in [1.82, 2.24) is 0 Å². The molecule has 0 saturated heterocycles. The summed E-state index contributed by atoms with van der Waals surface area (Å²) in [6.07, 6.45) is 0. The van der Waals surface area contributed by atoms with Crippen LogP contribution in [0.4, 0.5) is 14.5 Å². The van der Waals surface area contributed by atoms with Crippen LogP contribution in [-0.4, -0.2) is 10.9 Å². The number of nitrogens with one attached hydrogen (secondary N) is 1. The Hall–Kier alpha value is -1.56. The second-order valence-corrected chi connectivity index (χ2v) is 2.85. The van der Waals surface area contributed by atoms with Crippen LogP contribution in [0.15, 0.2) is 18.2 Å². The van der Waals surface area contributed by atoms with E-state index in [-0.39, 0.29) is 10.7 Å². The third-order valence-electron chi connectivity index (χ3n) is 1.40. The Kier molecular flexibility index (Phi) is 3.08. The van der Waals surface area contributed by atoms with Crippen LogP contribution >= 0.6 is 12.2 Å². The predicted octanol–water partition coefficient (Wildman–Crippen LogP) is 1.19. The fourth-order valence-electron chi connectivity index (χ4n) is 0.775. The van der Waals surface area contributed by atoms with Crippen molar-refractivity contribution < 1.29 is 13.6 Å². The highest BCUT2D eigenvalue weighted by atomic mass is 32.1. The molecular formula is C8H6F2N2OS. The third kappa shape index (κ3) is 2.46. The molecule has 14 heavy (non-hydrogen) atoms. The second kappa shape index (κ2) is 4.10. The average Bonchev–Trinajstić information content (AvgIpc) is 2.09. The smallest absolute Gasteiger partial charge is 0.276 e. The monoisotopic (exact) mass is 216 g/mol. The van der Waals surface area contributed by atoms with Crippen LogP contribution in [0.1, 0.15) is 0 Å². The van der Waals surface area contributed by atoms with Crippen LogP contribution in [0.5, 0.6) is 0 Å². The number of thiocarbonyl (C=S) groups is 1. The number of anilines is 1. The zero-order valence-corrected chi connectivity index (χ0v) is 7.70. The lowest BCUT2D eigenvalue weighted by atomic mass is 10.3. The van der Waals surface area contributed by atoms with Gasteiger partial charge >= 0.3 is 0 Å². The van der Waals surface area contributed by atoms with Gasteiger partial charge in [-0.15, -0.1) is 0 Å². The molecule has 0 aliphatic heterocycles. The van der Waals surface area contributed by atoms with Crippen LogP contribution in [0.2, 0.25) is 0 Å². The molecule has 74 valence electrons. The Bertz CT molecular complexity index is 395. The Balaban J connectivity index is 2.87. The van der Waals surface area contributed by atoms with E-state index >= 15 is 0 Å². The number of carbonyl (C=O) groups is 1. The largest absolute Gasteiger partial charge is 0.364 e. The maximum Gasteiger partial charge on any atom is 0.276 e. The zero-order valence-electron chi connectivity index (χ0n) is 6.88. The summed E-state index contributed by atoms with van der Waals surface area (Å²) in [5.41, 5.74) is 4.74. The summed E-state index contributed by atoms with van der Waals surface area (Å²) in [4.78, 5) is 10.2. The van der Waals surface area contributed by atoms with Gasteiger partial charge in [0.1, 0.15) is 11.6 Å². The first-order chi connectivity index (χ1) is 6.50. The van der Waals surface area contributed by atoms with Gasteiger partial charge in [0.05, 0.1) is 5.69 Å². The quantitative estimate of drug-likeness (QED) is 0.693. The Morgan fingerprint density at radius 1 is 1.43 bits per heavy atom. The first kappa shape index (κ1) is 10.5. The average molecular weight is 216 g/mol. The van der Waals surface area contributed by atoms with Crippen LogP contribution in [0, 0.1) is 11.6 Å². The van der Waals surface area contributed by atoms with E-state index in [1.54, 1.807) is 0 Å². The van der Waals surface area contributed by atoms with Crippen LogP contribution in [0.3, 0.4) is 0 Å². The Morgan fingerprint density at radius 2 is 2.07 bits per heavy atom. The summed E-state index contributed by atoms with van der Waals surface area (Å²) in [7, 11) is 0. The van der Waals surface area contributed by atoms with Crippen LogP contribution in [0.25, 0.3) is 0 Å². The normalized spacial score (nSPS) is 9.57. The molecule has 3 N–H and O–H groups in total. The van der Waals surface area contributed by atoms with Gasteiger partial charge < -0.3 is 11.1 Å². The lowest BCUT2D eigenvalue weighted by Gasteiger charge is -2.05. The van der Waals surface area contributed by atoms with Gasteiger partial charge in [-0.1, -0.05) is 12.2 Å².